The summed E-state index contributed by atoms with van der Waals surface area (Å²) in [4.78, 5) is 33.2. The van der Waals surface area contributed by atoms with Gasteiger partial charge in [0.25, 0.3) is 5.91 Å². The number of likely N-dealkylation sites (tertiary alicyclic amines) is 1. The number of aliphatic hydroxyl groups is 1. The van der Waals surface area contributed by atoms with Gasteiger partial charge in [-0.25, -0.2) is 4.79 Å². The summed E-state index contributed by atoms with van der Waals surface area (Å²) in [7, 11) is 0. The monoisotopic (exact) mass is 380 g/mol. The van der Waals surface area contributed by atoms with Gasteiger partial charge >= 0.3 is 6.03 Å². The summed E-state index contributed by atoms with van der Waals surface area (Å²) in [6, 6.07) is 10.5. The number of hydrogen-bond acceptors (Lipinski definition) is 4. The number of hydrogen-bond donors (Lipinski definition) is 2. The molecule has 2 aliphatic rings. The van der Waals surface area contributed by atoms with Crippen LogP contribution >= 0.6 is 0 Å². The molecule has 2 aliphatic heterocycles. The van der Waals surface area contributed by atoms with Crippen LogP contribution in [0.3, 0.4) is 0 Å². The van der Waals surface area contributed by atoms with Crippen molar-refractivity contribution in [3.8, 4) is 0 Å². The molecule has 0 spiro atoms. The highest BCUT2D eigenvalue weighted by atomic mass is 16.3. The highest BCUT2D eigenvalue weighted by molar-refractivity contribution is 5.97. The molecule has 2 aromatic rings. The number of carbonyl (C=O) groups is 2. The molecule has 1 aromatic heterocycles. The van der Waals surface area contributed by atoms with Crippen molar-refractivity contribution in [1.82, 2.24) is 15.2 Å². The van der Waals surface area contributed by atoms with Crippen LogP contribution in [0, 0.1) is 0 Å². The van der Waals surface area contributed by atoms with Gasteiger partial charge in [-0.2, -0.15) is 0 Å². The Kier molecular flexibility index (Phi) is 5.00. The molecule has 2 N–H and O–H groups in total. The van der Waals surface area contributed by atoms with E-state index in [9.17, 15) is 14.7 Å². The molecule has 1 saturated heterocycles. The second-order valence-corrected chi connectivity index (χ2v) is 7.19. The second kappa shape index (κ2) is 7.59. The third-order valence-electron chi connectivity index (χ3n) is 5.62. The Bertz CT molecular complexity index is 873. The van der Waals surface area contributed by atoms with E-state index in [0.717, 1.165) is 17.7 Å². The SMILES string of the molecule is CCCNC(=O)N1C[C@@H]2[C@H](c3ccccc31)[C@@H](CO)N2C(=O)c1ccncc1. The van der Waals surface area contributed by atoms with Gasteiger partial charge < -0.3 is 15.3 Å². The molecule has 0 saturated carbocycles. The van der Waals surface area contributed by atoms with Gasteiger partial charge in [0.15, 0.2) is 0 Å². The maximum absolute atomic E-state index is 13.1. The van der Waals surface area contributed by atoms with E-state index in [1.807, 2.05) is 31.2 Å². The van der Waals surface area contributed by atoms with Gasteiger partial charge in [-0.1, -0.05) is 25.1 Å². The largest absolute Gasteiger partial charge is 0.394 e. The maximum atomic E-state index is 13.1. The average molecular weight is 380 g/mol. The number of para-hydroxylation sites is 1. The molecule has 146 valence electrons. The number of nitrogens with zero attached hydrogens (tertiary/aromatic N) is 3. The van der Waals surface area contributed by atoms with Crippen molar-refractivity contribution in [3.63, 3.8) is 0 Å². The van der Waals surface area contributed by atoms with Crippen LogP contribution in [0.4, 0.5) is 10.5 Å². The molecule has 4 rings (SSSR count). The molecule has 3 heterocycles. The number of amides is 3. The van der Waals surface area contributed by atoms with Crippen molar-refractivity contribution in [3.05, 3.63) is 59.9 Å². The first-order valence-corrected chi connectivity index (χ1v) is 9.65. The molecule has 1 fully saturated rings. The molecule has 3 amide bonds. The van der Waals surface area contributed by atoms with Crippen molar-refractivity contribution in [1.29, 1.82) is 0 Å². The van der Waals surface area contributed by atoms with E-state index in [4.69, 9.17) is 0 Å². The van der Waals surface area contributed by atoms with E-state index in [1.54, 1.807) is 34.3 Å². The predicted molar refractivity (Wildman–Crippen MR) is 105 cm³/mol. The smallest absolute Gasteiger partial charge is 0.321 e. The first-order valence-electron chi connectivity index (χ1n) is 9.65. The number of fused-ring (bicyclic) bond motifs is 3. The minimum atomic E-state index is -0.298. The lowest BCUT2D eigenvalue weighted by atomic mass is 9.71. The minimum Gasteiger partial charge on any atom is -0.394 e. The second-order valence-electron chi connectivity index (χ2n) is 7.19. The van der Waals surface area contributed by atoms with Gasteiger partial charge in [-0.15, -0.1) is 0 Å². The van der Waals surface area contributed by atoms with Crippen LogP contribution in [0.1, 0.15) is 35.2 Å². The number of anilines is 1. The summed E-state index contributed by atoms with van der Waals surface area (Å²) >= 11 is 0. The fourth-order valence-corrected chi connectivity index (χ4v) is 4.33. The van der Waals surface area contributed by atoms with Crippen LogP contribution in [0.15, 0.2) is 48.8 Å². The van der Waals surface area contributed by atoms with Crippen LogP contribution in [-0.2, 0) is 0 Å². The molecule has 3 atom stereocenters. The zero-order valence-corrected chi connectivity index (χ0v) is 15.8. The average Bonchev–Trinajstić information content (AvgIpc) is 2.73. The molecule has 0 bridgehead atoms. The van der Waals surface area contributed by atoms with E-state index >= 15 is 0 Å². The summed E-state index contributed by atoms with van der Waals surface area (Å²) in [5, 5.41) is 12.9. The molecule has 28 heavy (non-hydrogen) atoms. The van der Waals surface area contributed by atoms with Gasteiger partial charge in [-0.05, 0) is 30.2 Å². The van der Waals surface area contributed by atoms with Crippen molar-refractivity contribution in [2.45, 2.75) is 31.3 Å². The fraction of sp³-hybridized carbons (Fsp3) is 0.381. The van der Waals surface area contributed by atoms with Crippen LogP contribution in [0.2, 0.25) is 0 Å². The molecule has 7 nitrogen and oxygen atoms in total. The van der Waals surface area contributed by atoms with Crippen molar-refractivity contribution < 1.29 is 14.7 Å². The van der Waals surface area contributed by atoms with E-state index < -0.39 is 0 Å². The molecule has 0 aliphatic carbocycles. The Balaban J connectivity index is 1.67. The first-order chi connectivity index (χ1) is 13.7. The number of benzene rings is 1. The molecule has 1 aromatic carbocycles. The van der Waals surface area contributed by atoms with E-state index in [2.05, 4.69) is 10.3 Å². The highest BCUT2D eigenvalue weighted by Crippen LogP contribution is 2.48. The Morgan fingerprint density at radius 2 is 1.96 bits per heavy atom. The van der Waals surface area contributed by atoms with Gasteiger partial charge in [0.2, 0.25) is 0 Å². The lowest BCUT2D eigenvalue weighted by Crippen LogP contribution is -2.71. The van der Waals surface area contributed by atoms with Crippen LogP contribution < -0.4 is 10.2 Å². The molecular weight excluding hydrogens is 356 g/mol. The molecule has 0 radical (unpaired) electrons. The lowest BCUT2D eigenvalue weighted by molar-refractivity contribution is -0.0242. The number of aliphatic hydroxyl groups excluding tert-OH is 1. The number of nitrogens with one attached hydrogen (secondary N) is 1. The highest BCUT2D eigenvalue weighted by Gasteiger charge is 2.55. The summed E-state index contributed by atoms with van der Waals surface area (Å²) in [6.07, 6.45) is 4.02. The Morgan fingerprint density at radius 3 is 2.68 bits per heavy atom. The maximum Gasteiger partial charge on any atom is 0.321 e. The zero-order valence-electron chi connectivity index (χ0n) is 15.8. The van der Waals surface area contributed by atoms with Crippen molar-refractivity contribution in [2.24, 2.45) is 0 Å². The Labute approximate surface area is 164 Å². The Morgan fingerprint density at radius 1 is 1.21 bits per heavy atom. The molecule has 7 heteroatoms. The molecular formula is C21H24N4O3. The summed E-state index contributed by atoms with van der Waals surface area (Å²) in [6.45, 7) is 2.90. The summed E-state index contributed by atoms with van der Waals surface area (Å²) in [5.41, 5.74) is 2.39. The van der Waals surface area contributed by atoms with Crippen molar-refractivity contribution >= 4 is 17.6 Å². The molecule has 0 unspecified atom stereocenters. The van der Waals surface area contributed by atoms with Gasteiger partial charge in [0, 0.05) is 42.7 Å². The number of urea groups is 1. The van der Waals surface area contributed by atoms with Crippen LogP contribution in [0.5, 0.6) is 0 Å². The predicted octanol–water partition coefficient (Wildman–Crippen LogP) is 1.99. The zero-order chi connectivity index (χ0) is 19.7. The van der Waals surface area contributed by atoms with E-state index in [-0.39, 0.29) is 36.5 Å². The topological polar surface area (TPSA) is 85.8 Å². The number of pyridine rings is 1. The van der Waals surface area contributed by atoms with Crippen molar-refractivity contribution in [2.75, 3.05) is 24.6 Å². The number of aromatic nitrogens is 1. The van der Waals surface area contributed by atoms with Crippen LogP contribution in [-0.4, -0.2) is 58.7 Å². The first kappa shape index (κ1) is 18.4. The third-order valence-corrected chi connectivity index (χ3v) is 5.62. The van der Waals surface area contributed by atoms with Gasteiger partial charge in [0.1, 0.15) is 0 Å². The third kappa shape index (κ3) is 2.92. The normalized spacial score (nSPS) is 22.7. The number of carbonyl (C=O) groups excluding carboxylic acids is 2. The van der Waals surface area contributed by atoms with Gasteiger partial charge in [0.05, 0.1) is 18.7 Å². The lowest BCUT2D eigenvalue weighted by Gasteiger charge is -2.58. The fourth-order valence-electron chi connectivity index (χ4n) is 4.33. The Hall–Kier alpha value is -2.93. The summed E-state index contributed by atoms with van der Waals surface area (Å²) < 4.78 is 0. The standard InChI is InChI=1S/C21H24N4O3/c1-2-9-23-21(28)24-12-17-19(15-5-3-4-6-16(15)24)18(13-26)25(17)20(27)14-7-10-22-11-8-14/h3-8,10-11,17-19,26H,2,9,12-13H2,1H3,(H,23,28)/t17-,18-,19+/m1/s1. The van der Waals surface area contributed by atoms with Crippen LogP contribution in [0.25, 0.3) is 0 Å². The minimum absolute atomic E-state index is 0.0159. The quantitative estimate of drug-likeness (QED) is 0.849. The van der Waals surface area contributed by atoms with E-state index in [0.29, 0.717) is 18.7 Å². The van der Waals surface area contributed by atoms with Gasteiger partial charge in [-0.3, -0.25) is 14.7 Å². The number of rotatable bonds is 4. The summed E-state index contributed by atoms with van der Waals surface area (Å²) in [5.74, 6) is -0.127. The van der Waals surface area contributed by atoms with E-state index in [1.165, 1.54) is 0 Å².